The summed E-state index contributed by atoms with van der Waals surface area (Å²) in [5.74, 6) is -15.2. The van der Waals surface area contributed by atoms with Crippen molar-refractivity contribution >= 4 is 76.8 Å². The first kappa shape index (κ1) is 64.8. The lowest BCUT2D eigenvalue weighted by Crippen LogP contribution is -2.54. The molecule has 0 bridgehead atoms. The summed E-state index contributed by atoms with van der Waals surface area (Å²) < 4.78 is 80.9. The Kier molecular flexibility index (Phi) is 23.5. The quantitative estimate of drug-likeness (QED) is 0.0298. The molecule has 4 unspecified atom stereocenters. The molecule has 446 valence electrons. The molecule has 0 saturated heterocycles. The Hall–Kier alpha value is -6.05. The number of carbonyl (C=O) groups excluding carboxylic acids is 7. The molecular formula is C49H70F4N10O15S2. The smallest absolute Gasteiger partial charge is 0.349 e. The third kappa shape index (κ3) is 18.0. The fourth-order valence-corrected chi connectivity index (χ4v) is 12.0. The monoisotopic (exact) mass is 1180 g/mol. The van der Waals surface area contributed by atoms with Crippen molar-refractivity contribution in [3.8, 4) is 0 Å². The van der Waals surface area contributed by atoms with Gasteiger partial charge in [0.1, 0.15) is 42.0 Å². The van der Waals surface area contributed by atoms with Crippen LogP contribution in [0.4, 0.5) is 29.2 Å². The Morgan fingerprint density at radius 2 is 1.12 bits per heavy atom. The second-order valence-electron chi connectivity index (χ2n) is 20.2. The highest BCUT2D eigenvalue weighted by molar-refractivity contribution is 8.04. The predicted octanol–water partition coefficient (Wildman–Crippen LogP) is 0.394. The second-order valence-corrected chi connectivity index (χ2v) is 22.8. The number of hydrogen-bond acceptors (Lipinski definition) is 22. The maximum absolute atomic E-state index is 14.9. The molecule has 0 aliphatic heterocycles. The second kappa shape index (κ2) is 29.1. The molecular weight excluding hydrogens is 1110 g/mol. The molecule has 0 aromatic carbocycles. The Bertz CT molecular complexity index is 2640. The van der Waals surface area contributed by atoms with E-state index in [0.717, 1.165) is 37.4 Å². The van der Waals surface area contributed by atoms with Gasteiger partial charge in [0.25, 0.3) is 11.8 Å². The van der Waals surface area contributed by atoms with E-state index in [9.17, 15) is 70.9 Å². The maximum Gasteiger partial charge on any atom is 0.349 e. The fraction of sp³-hybridized carbons (Fsp3) is 0.694. The van der Waals surface area contributed by atoms with Gasteiger partial charge in [0, 0.05) is 71.3 Å². The van der Waals surface area contributed by atoms with Gasteiger partial charge >= 0.3 is 35.3 Å². The SMILES string of the molecule is CCCC(=O)NC(CSC1CCC1SCC(NC(C)(C)CC)C(=O)NCCC(=O)OCC(=O)OC[C@@H]1C[C@H](n2ccc(N)nc2=O)C(F)(F)[C@H]1O)C(=O)NCCC(=O)OCC(=O)OC[C@@H]1C[C@H](n2ccc(N)nc2=O)C(F)(F)[C@H]1O. The number of ether oxygens (including phenoxy) is 4. The van der Waals surface area contributed by atoms with E-state index >= 15 is 0 Å². The summed E-state index contributed by atoms with van der Waals surface area (Å²) in [6.07, 6.45) is -1.14. The van der Waals surface area contributed by atoms with Crippen molar-refractivity contribution in [3.05, 3.63) is 45.5 Å². The molecule has 80 heavy (non-hydrogen) atoms. The number of nitrogen functional groups attached to an aromatic ring is 2. The first-order valence-corrected chi connectivity index (χ1v) is 28.1. The number of aromatic nitrogens is 4. The molecule has 0 spiro atoms. The highest BCUT2D eigenvalue weighted by Gasteiger charge is 2.59. The zero-order valence-corrected chi connectivity index (χ0v) is 46.2. The van der Waals surface area contributed by atoms with Gasteiger partial charge in [0.05, 0.1) is 32.1 Å². The highest BCUT2D eigenvalue weighted by Crippen LogP contribution is 2.48. The molecule has 25 nitrogen and oxygen atoms in total. The molecule has 10 N–H and O–H groups in total. The largest absolute Gasteiger partial charge is 0.463 e. The molecule has 3 fully saturated rings. The number of alkyl halides is 4. The number of nitrogens with one attached hydrogen (secondary N) is 4. The van der Waals surface area contributed by atoms with Gasteiger partial charge < -0.3 is 61.9 Å². The minimum Gasteiger partial charge on any atom is -0.463 e. The number of rotatable bonds is 30. The lowest BCUT2D eigenvalue weighted by molar-refractivity contribution is -0.162. The molecule has 2 aromatic heterocycles. The number of halogens is 4. The highest BCUT2D eigenvalue weighted by atomic mass is 32.2. The normalized spacial score (nSPS) is 23.6. The van der Waals surface area contributed by atoms with Gasteiger partial charge in [-0.05, 0) is 64.5 Å². The Labute approximate surface area is 465 Å². The summed E-state index contributed by atoms with van der Waals surface area (Å²) in [6, 6.07) is -2.97. The van der Waals surface area contributed by atoms with Gasteiger partial charge in [-0.2, -0.15) is 33.5 Å². The summed E-state index contributed by atoms with van der Waals surface area (Å²) in [5, 5.41) is 32.1. The number of aliphatic hydroxyl groups is 2. The van der Waals surface area contributed by atoms with Gasteiger partial charge in [-0.3, -0.25) is 33.1 Å². The molecule has 2 aromatic rings. The molecule has 0 radical (unpaired) electrons. The van der Waals surface area contributed by atoms with Gasteiger partial charge in [0.15, 0.2) is 13.2 Å². The van der Waals surface area contributed by atoms with Crippen LogP contribution in [0.2, 0.25) is 0 Å². The molecule has 3 aliphatic carbocycles. The molecule has 2 heterocycles. The van der Waals surface area contributed by atoms with Crippen LogP contribution in [0, 0.1) is 11.8 Å². The van der Waals surface area contributed by atoms with E-state index in [4.69, 9.17) is 30.4 Å². The van der Waals surface area contributed by atoms with Gasteiger partial charge in [-0.1, -0.05) is 13.8 Å². The summed E-state index contributed by atoms with van der Waals surface area (Å²) >= 11 is 3.00. The van der Waals surface area contributed by atoms with Crippen molar-refractivity contribution in [2.24, 2.45) is 11.8 Å². The minimum atomic E-state index is -3.78. The molecule has 3 saturated carbocycles. The number of anilines is 2. The minimum absolute atomic E-state index is 0.0391. The first-order chi connectivity index (χ1) is 37.7. The third-order valence-corrected chi connectivity index (χ3v) is 17.1. The first-order valence-electron chi connectivity index (χ1n) is 26.0. The predicted molar refractivity (Wildman–Crippen MR) is 281 cm³/mol. The van der Waals surface area contributed by atoms with Crippen molar-refractivity contribution in [2.45, 2.75) is 150 Å². The van der Waals surface area contributed by atoms with Gasteiger partial charge in [-0.15, -0.1) is 0 Å². The zero-order valence-electron chi connectivity index (χ0n) is 44.6. The van der Waals surface area contributed by atoms with Crippen molar-refractivity contribution in [1.82, 2.24) is 40.4 Å². The van der Waals surface area contributed by atoms with Gasteiger partial charge in [0.2, 0.25) is 17.7 Å². The Morgan fingerprint density at radius 3 is 1.52 bits per heavy atom. The number of aliphatic hydroxyl groups excluding tert-OH is 2. The standard InChI is InChI=1S/C49H70F4N10O15S2/c1-5-7-36(64)58-28(43(71)56-14-10-37(65)77-22-39(67)75-20-26-18-32(48(50,51)41(26)69)62-16-12-34(54)59-45(62)73)24-79-30-8-9-31(30)80-25-29(61-47(3,4)6-2)44(72)57-15-11-38(66)78-23-40(68)76-21-27-19-33(49(52,53)42(27)70)63-17-13-35(55)60-46(63)74/h12-13,16-17,26-33,41-42,61,69-70H,5-11,14-15,18-25H2,1-4H3,(H,56,71)(H,57,72)(H,58,64)(H2,54,59,73)(H2,55,60,74)/t26-,27-,28?,29?,30?,31?,32-,33-,41-,42-/m0/s1. The molecule has 5 rings (SSSR count). The average molecular weight is 1180 g/mol. The summed E-state index contributed by atoms with van der Waals surface area (Å²) in [4.78, 5) is 120. The summed E-state index contributed by atoms with van der Waals surface area (Å²) in [5.41, 5.74) is 8.33. The van der Waals surface area contributed by atoms with E-state index < -0.39 is 152 Å². The van der Waals surface area contributed by atoms with Crippen molar-refractivity contribution < 1.29 is 80.3 Å². The maximum atomic E-state index is 14.9. The summed E-state index contributed by atoms with van der Waals surface area (Å²) in [6.45, 7) is 4.12. The number of carbonyl (C=O) groups is 7. The number of thioether (sulfide) groups is 2. The van der Waals surface area contributed by atoms with Crippen LogP contribution < -0.4 is 44.1 Å². The summed E-state index contributed by atoms with van der Waals surface area (Å²) in [7, 11) is 0. The molecule has 3 amide bonds. The van der Waals surface area contributed by atoms with Gasteiger partial charge in [-0.25, -0.2) is 36.7 Å². The van der Waals surface area contributed by atoms with Crippen LogP contribution >= 0.6 is 23.5 Å². The van der Waals surface area contributed by atoms with Crippen molar-refractivity contribution in [3.63, 3.8) is 0 Å². The van der Waals surface area contributed by atoms with E-state index in [1.807, 2.05) is 20.8 Å². The lowest BCUT2D eigenvalue weighted by atomic mass is 9.99. The topological polar surface area (TPSA) is 367 Å². The van der Waals surface area contributed by atoms with Crippen LogP contribution in [0.5, 0.6) is 0 Å². The number of hydrogen-bond donors (Lipinski definition) is 8. The number of nitrogens with two attached hydrogens (primary N) is 2. The molecule has 3 aliphatic rings. The van der Waals surface area contributed by atoms with E-state index in [0.29, 0.717) is 27.7 Å². The molecule has 31 heteroatoms. The third-order valence-electron chi connectivity index (χ3n) is 13.9. The van der Waals surface area contributed by atoms with Crippen molar-refractivity contribution in [1.29, 1.82) is 0 Å². The number of esters is 4. The fourth-order valence-electron chi connectivity index (χ4n) is 8.83. The Balaban J connectivity index is 1.01. The van der Waals surface area contributed by atoms with Crippen LogP contribution in [0.3, 0.4) is 0 Å². The van der Waals surface area contributed by atoms with Crippen LogP contribution in [0.1, 0.15) is 97.6 Å². The van der Waals surface area contributed by atoms with Crippen LogP contribution in [0.25, 0.3) is 0 Å². The van der Waals surface area contributed by atoms with E-state index in [1.54, 1.807) is 18.7 Å². The van der Waals surface area contributed by atoms with E-state index in [2.05, 4.69) is 31.2 Å². The Morgan fingerprint density at radius 1 is 0.700 bits per heavy atom. The van der Waals surface area contributed by atoms with E-state index in [-0.39, 0.29) is 66.1 Å². The molecule has 10 atom stereocenters. The van der Waals surface area contributed by atoms with Crippen LogP contribution in [-0.2, 0) is 52.5 Å². The van der Waals surface area contributed by atoms with Crippen molar-refractivity contribution in [2.75, 3.05) is 62.5 Å². The zero-order chi connectivity index (χ0) is 59.1. The lowest BCUT2D eigenvalue weighted by Gasteiger charge is -2.38. The van der Waals surface area contributed by atoms with E-state index in [1.165, 1.54) is 11.8 Å². The average Bonchev–Trinajstić information content (AvgIpc) is 3.75. The van der Waals surface area contributed by atoms with Crippen LogP contribution in [0.15, 0.2) is 34.1 Å². The number of nitrogens with zero attached hydrogens (tertiary/aromatic N) is 4. The number of amides is 3. The van der Waals surface area contributed by atoms with Crippen LogP contribution in [-0.4, -0.2) is 174 Å².